The first-order chi connectivity index (χ1) is 7.84. The van der Waals surface area contributed by atoms with Crippen LogP contribution in [0.2, 0.25) is 0 Å². The Morgan fingerprint density at radius 3 is 3.25 bits per heavy atom. The van der Waals surface area contributed by atoms with E-state index in [1.54, 1.807) is 6.26 Å². The molecule has 1 atom stereocenters. The molecule has 1 aromatic rings. The Morgan fingerprint density at radius 1 is 1.56 bits per heavy atom. The second-order valence-corrected chi connectivity index (χ2v) is 4.29. The van der Waals surface area contributed by atoms with Crippen LogP contribution in [0.5, 0.6) is 0 Å². The van der Waals surface area contributed by atoms with E-state index in [1.807, 2.05) is 12.1 Å². The van der Waals surface area contributed by atoms with E-state index >= 15 is 0 Å². The Bertz CT molecular complexity index is 287. The van der Waals surface area contributed by atoms with E-state index < -0.39 is 0 Å². The maximum Gasteiger partial charge on any atom is 0.105 e. The molecule has 0 radical (unpaired) electrons. The Kier molecular flexibility index (Phi) is 4.39. The van der Waals surface area contributed by atoms with Gasteiger partial charge in [-0.3, -0.25) is 0 Å². The van der Waals surface area contributed by atoms with E-state index in [-0.39, 0.29) is 0 Å². The predicted octanol–water partition coefficient (Wildman–Crippen LogP) is 0.742. The molecule has 4 nitrogen and oxygen atoms in total. The smallest absolute Gasteiger partial charge is 0.105 e. The molecule has 1 aromatic heterocycles. The standard InChI is InChI=1S/C12H20N2O2/c1-14-6-8-16-12(10-14)9-13-5-4-11-3-2-7-15-11/h2-3,7,12-13H,4-6,8-10H2,1H3. The van der Waals surface area contributed by atoms with E-state index in [0.717, 1.165) is 45.0 Å². The third-order valence-corrected chi connectivity index (χ3v) is 2.84. The number of hydrogen-bond donors (Lipinski definition) is 1. The molecule has 1 aliphatic heterocycles. The second kappa shape index (κ2) is 6.03. The lowest BCUT2D eigenvalue weighted by atomic mass is 10.2. The molecule has 1 aliphatic rings. The average molecular weight is 224 g/mol. The summed E-state index contributed by atoms with van der Waals surface area (Å²) < 4.78 is 10.9. The molecule has 0 aromatic carbocycles. The first kappa shape index (κ1) is 11.6. The van der Waals surface area contributed by atoms with Crippen molar-refractivity contribution in [2.24, 2.45) is 0 Å². The number of furan rings is 1. The highest BCUT2D eigenvalue weighted by Crippen LogP contribution is 2.02. The van der Waals surface area contributed by atoms with Crippen molar-refractivity contribution in [3.8, 4) is 0 Å². The van der Waals surface area contributed by atoms with Crippen molar-refractivity contribution in [2.45, 2.75) is 12.5 Å². The minimum atomic E-state index is 0.329. The fraction of sp³-hybridized carbons (Fsp3) is 0.667. The normalized spacial score (nSPS) is 22.4. The van der Waals surface area contributed by atoms with Crippen molar-refractivity contribution in [3.63, 3.8) is 0 Å². The first-order valence-electron chi connectivity index (χ1n) is 5.88. The number of nitrogens with zero attached hydrogens (tertiary/aromatic N) is 1. The summed E-state index contributed by atoms with van der Waals surface area (Å²) in [5.74, 6) is 1.04. The molecule has 1 unspecified atom stereocenters. The Labute approximate surface area is 96.6 Å². The Hall–Kier alpha value is -0.840. The minimum Gasteiger partial charge on any atom is -0.469 e. The summed E-state index contributed by atoms with van der Waals surface area (Å²) in [5, 5.41) is 3.40. The Balaban J connectivity index is 1.57. The van der Waals surface area contributed by atoms with Crippen LogP contribution < -0.4 is 5.32 Å². The summed E-state index contributed by atoms with van der Waals surface area (Å²) in [6.45, 7) is 4.78. The number of morpholine rings is 1. The molecule has 90 valence electrons. The molecule has 0 aliphatic carbocycles. The SMILES string of the molecule is CN1CCOC(CNCCc2ccco2)C1. The maximum absolute atomic E-state index is 5.66. The van der Waals surface area contributed by atoms with Gasteiger partial charge in [0.2, 0.25) is 0 Å². The van der Waals surface area contributed by atoms with Crippen LogP contribution in [-0.2, 0) is 11.2 Å². The summed E-state index contributed by atoms with van der Waals surface area (Å²) in [7, 11) is 2.14. The lowest BCUT2D eigenvalue weighted by Gasteiger charge is -2.30. The Morgan fingerprint density at radius 2 is 2.50 bits per heavy atom. The number of likely N-dealkylation sites (N-methyl/N-ethyl adjacent to an activating group) is 1. The van der Waals surface area contributed by atoms with Gasteiger partial charge in [0.15, 0.2) is 0 Å². The molecule has 0 bridgehead atoms. The molecular formula is C12H20N2O2. The minimum absolute atomic E-state index is 0.329. The molecule has 0 spiro atoms. The molecule has 1 saturated heterocycles. The summed E-state index contributed by atoms with van der Waals surface area (Å²) >= 11 is 0. The van der Waals surface area contributed by atoms with Gasteiger partial charge in [-0.25, -0.2) is 0 Å². The van der Waals surface area contributed by atoms with Gasteiger partial charge in [-0.15, -0.1) is 0 Å². The van der Waals surface area contributed by atoms with Crippen molar-refractivity contribution in [2.75, 3.05) is 39.8 Å². The van der Waals surface area contributed by atoms with E-state index in [4.69, 9.17) is 9.15 Å². The van der Waals surface area contributed by atoms with Crippen molar-refractivity contribution >= 4 is 0 Å². The van der Waals surface area contributed by atoms with Crippen molar-refractivity contribution in [3.05, 3.63) is 24.2 Å². The number of nitrogens with one attached hydrogen (secondary N) is 1. The highest BCUT2D eigenvalue weighted by atomic mass is 16.5. The number of rotatable bonds is 5. The maximum atomic E-state index is 5.66. The van der Waals surface area contributed by atoms with Crippen LogP contribution in [0.15, 0.2) is 22.8 Å². The van der Waals surface area contributed by atoms with E-state index in [0.29, 0.717) is 6.10 Å². The molecule has 2 heterocycles. The zero-order chi connectivity index (χ0) is 11.2. The highest BCUT2D eigenvalue weighted by molar-refractivity contribution is 4.98. The first-order valence-corrected chi connectivity index (χ1v) is 5.88. The van der Waals surface area contributed by atoms with Crippen LogP contribution in [0, 0.1) is 0 Å². The van der Waals surface area contributed by atoms with Gasteiger partial charge in [0.25, 0.3) is 0 Å². The predicted molar refractivity (Wildman–Crippen MR) is 62.5 cm³/mol. The van der Waals surface area contributed by atoms with Crippen LogP contribution in [0.4, 0.5) is 0 Å². The molecule has 4 heteroatoms. The molecule has 2 rings (SSSR count). The molecule has 1 N–H and O–H groups in total. The molecule has 1 fully saturated rings. The van der Waals surface area contributed by atoms with E-state index in [2.05, 4.69) is 17.3 Å². The van der Waals surface area contributed by atoms with Gasteiger partial charge < -0.3 is 19.4 Å². The van der Waals surface area contributed by atoms with Crippen molar-refractivity contribution in [1.82, 2.24) is 10.2 Å². The quantitative estimate of drug-likeness (QED) is 0.749. The molecular weight excluding hydrogens is 204 g/mol. The van der Waals surface area contributed by atoms with Crippen LogP contribution in [0.25, 0.3) is 0 Å². The van der Waals surface area contributed by atoms with E-state index in [1.165, 1.54) is 0 Å². The lowest BCUT2D eigenvalue weighted by Crippen LogP contribution is -2.45. The number of hydrogen-bond acceptors (Lipinski definition) is 4. The topological polar surface area (TPSA) is 37.6 Å². The summed E-state index contributed by atoms with van der Waals surface area (Å²) in [6.07, 6.45) is 2.99. The third-order valence-electron chi connectivity index (χ3n) is 2.84. The molecule has 0 amide bonds. The summed E-state index contributed by atoms with van der Waals surface area (Å²) in [6, 6.07) is 3.93. The van der Waals surface area contributed by atoms with Crippen molar-refractivity contribution in [1.29, 1.82) is 0 Å². The monoisotopic (exact) mass is 224 g/mol. The zero-order valence-electron chi connectivity index (χ0n) is 9.82. The van der Waals surface area contributed by atoms with Crippen LogP contribution in [0.3, 0.4) is 0 Å². The van der Waals surface area contributed by atoms with Crippen LogP contribution >= 0.6 is 0 Å². The highest BCUT2D eigenvalue weighted by Gasteiger charge is 2.16. The van der Waals surface area contributed by atoms with Gasteiger partial charge >= 0.3 is 0 Å². The molecule has 16 heavy (non-hydrogen) atoms. The zero-order valence-corrected chi connectivity index (χ0v) is 9.82. The summed E-state index contributed by atoms with van der Waals surface area (Å²) in [4.78, 5) is 2.31. The van der Waals surface area contributed by atoms with E-state index in [9.17, 15) is 0 Å². The largest absolute Gasteiger partial charge is 0.469 e. The second-order valence-electron chi connectivity index (χ2n) is 4.29. The van der Waals surface area contributed by atoms with Gasteiger partial charge in [-0.1, -0.05) is 0 Å². The van der Waals surface area contributed by atoms with Gasteiger partial charge in [-0.2, -0.15) is 0 Å². The summed E-state index contributed by atoms with van der Waals surface area (Å²) in [5.41, 5.74) is 0. The van der Waals surface area contributed by atoms with Crippen molar-refractivity contribution < 1.29 is 9.15 Å². The average Bonchev–Trinajstić information content (AvgIpc) is 2.77. The van der Waals surface area contributed by atoms with Gasteiger partial charge in [0, 0.05) is 32.6 Å². The fourth-order valence-corrected chi connectivity index (χ4v) is 1.92. The van der Waals surface area contributed by atoms with Crippen LogP contribution in [-0.4, -0.2) is 50.8 Å². The van der Waals surface area contributed by atoms with Crippen LogP contribution in [0.1, 0.15) is 5.76 Å². The van der Waals surface area contributed by atoms with Gasteiger partial charge in [-0.05, 0) is 19.2 Å². The fourth-order valence-electron chi connectivity index (χ4n) is 1.92. The number of ether oxygens (including phenoxy) is 1. The molecule has 0 saturated carbocycles. The third kappa shape index (κ3) is 3.63. The lowest BCUT2D eigenvalue weighted by molar-refractivity contribution is -0.0179. The van der Waals surface area contributed by atoms with Gasteiger partial charge in [0.05, 0.1) is 19.0 Å². The van der Waals surface area contributed by atoms with Gasteiger partial charge in [0.1, 0.15) is 5.76 Å².